The van der Waals surface area contributed by atoms with Crippen LogP contribution in [0.15, 0.2) is 48.5 Å². The minimum absolute atomic E-state index is 0.0656. The van der Waals surface area contributed by atoms with Crippen LogP contribution in [0.3, 0.4) is 0 Å². The van der Waals surface area contributed by atoms with Crippen LogP contribution in [0.4, 0.5) is 13.2 Å². The van der Waals surface area contributed by atoms with Crippen LogP contribution < -0.4 is 4.74 Å². The molecule has 1 saturated carbocycles. The quantitative estimate of drug-likeness (QED) is 0.484. The molecule has 0 aromatic heterocycles. The number of halogens is 4. The summed E-state index contributed by atoms with van der Waals surface area (Å²) in [5, 5.41) is 10.9. The second-order valence-electron chi connectivity index (χ2n) is 10.4. The third-order valence-electron chi connectivity index (χ3n) is 7.48. The first-order valence-electron chi connectivity index (χ1n) is 12.7. The zero-order valence-corrected chi connectivity index (χ0v) is 22.1. The molecule has 1 N–H and O–H groups in total. The van der Waals surface area contributed by atoms with Crippen molar-refractivity contribution in [3.05, 3.63) is 64.7 Å². The van der Waals surface area contributed by atoms with Crippen molar-refractivity contribution < 1.29 is 32.6 Å². The van der Waals surface area contributed by atoms with Crippen molar-refractivity contribution in [3.63, 3.8) is 0 Å². The number of hydrogen-bond acceptors (Lipinski definition) is 4. The van der Waals surface area contributed by atoms with E-state index < -0.39 is 23.2 Å². The second kappa shape index (κ2) is 11.1. The molecular weight excluding hydrogens is 521 g/mol. The van der Waals surface area contributed by atoms with Gasteiger partial charge in [-0.3, -0.25) is 9.59 Å². The molecule has 2 fully saturated rings. The van der Waals surface area contributed by atoms with Gasteiger partial charge in [0, 0.05) is 32.7 Å². The van der Waals surface area contributed by atoms with Crippen LogP contribution in [0.2, 0.25) is 5.02 Å². The maximum Gasteiger partial charge on any atom is 0.430 e. The van der Waals surface area contributed by atoms with Crippen molar-refractivity contribution in [2.24, 2.45) is 11.8 Å². The van der Waals surface area contributed by atoms with Crippen LogP contribution in [-0.4, -0.2) is 66.2 Å². The predicted octanol–water partition coefficient (Wildman–Crippen LogP) is 5.28. The summed E-state index contributed by atoms with van der Waals surface area (Å²) in [5.74, 6) is -0.212. The summed E-state index contributed by atoms with van der Waals surface area (Å²) >= 11 is 6.26. The number of ether oxygens (including phenoxy) is 1. The van der Waals surface area contributed by atoms with E-state index >= 15 is 0 Å². The summed E-state index contributed by atoms with van der Waals surface area (Å²) in [6, 6.07) is 11.6. The van der Waals surface area contributed by atoms with Crippen molar-refractivity contribution >= 4 is 23.4 Å². The Bertz CT molecular complexity index is 1150. The lowest BCUT2D eigenvalue weighted by Gasteiger charge is -2.38. The maximum atomic E-state index is 13.9. The SMILES string of the molecule is CN(C)C(=O)c1ccc(O[C@@H]2C[C@H]2CCC2CCN(C(=O)C(O)(c3ccccc3)C(F)(F)F)CC2)cc1Cl. The minimum atomic E-state index is -5.13. The molecule has 10 heteroatoms. The number of amides is 2. The molecule has 6 nitrogen and oxygen atoms in total. The van der Waals surface area contributed by atoms with E-state index in [1.807, 2.05) is 0 Å². The molecule has 1 aliphatic carbocycles. The van der Waals surface area contributed by atoms with Crippen molar-refractivity contribution in [3.8, 4) is 5.75 Å². The van der Waals surface area contributed by atoms with Crippen molar-refractivity contribution in [1.29, 1.82) is 0 Å². The fourth-order valence-electron chi connectivity index (χ4n) is 5.02. The molecule has 2 aliphatic rings. The fraction of sp³-hybridized carbons (Fsp3) is 0.500. The molecule has 38 heavy (non-hydrogen) atoms. The predicted molar refractivity (Wildman–Crippen MR) is 137 cm³/mol. The summed E-state index contributed by atoms with van der Waals surface area (Å²) in [6.07, 6.45) is -1.17. The van der Waals surface area contributed by atoms with Gasteiger partial charge in [-0.05, 0) is 62.1 Å². The fourth-order valence-corrected chi connectivity index (χ4v) is 5.27. The number of piperidine rings is 1. The Kier molecular flexibility index (Phi) is 8.28. The van der Waals surface area contributed by atoms with Gasteiger partial charge >= 0.3 is 6.18 Å². The lowest BCUT2D eigenvalue weighted by Crippen LogP contribution is -2.57. The number of likely N-dealkylation sites (tertiary alicyclic amines) is 1. The van der Waals surface area contributed by atoms with Crippen LogP contribution in [0.1, 0.15) is 48.0 Å². The Morgan fingerprint density at radius 3 is 2.32 bits per heavy atom. The van der Waals surface area contributed by atoms with Crippen molar-refractivity contribution in [2.45, 2.75) is 50.0 Å². The Morgan fingerprint density at radius 2 is 1.74 bits per heavy atom. The van der Waals surface area contributed by atoms with Gasteiger partial charge in [0.1, 0.15) is 11.9 Å². The molecule has 1 heterocycles. The first-order chi connectivity index (χ1) is 17.9. The molecule has 2 aromatic carbocycles. The van der Waals surface area contributed by atoms with Gasteiger partial charge in [0.2, 0.25) is 0 Å². The third kappa shape index (κ3) is 5.94. The summed E-state index contributed by atoms with van der Waals surface area (Å²) in [5.41, 5.74) is -3.61. The molecule has 1 unspecified atom stereocenters. The van der Waals surface area contributed by atoms with E-state index in [0.717, 1.165) is 36.3 Å². The summed E-state index contributed by atoms with van der Waals surface area (Å²) in [4.78, 5) is 27.6. The van der Waals surface area contributed by atoms with E-state index in [2.05, 4.69) is 0 Å². The minimum Gasteiger partial charge on any atom is -0.490 e. The van der Waals surface area contributed by atoms with Crippen LogP contribution >= 0.6 is 11.6 Å². The number of alkyl halides is 3. The van der Waals surface area contributed by atoms with E-state index in [1.165, 1.54) is 23.1 Å². The molecule has 4 rings (SSSR count). The van der Waals surface area contributed by atoms with Gasteiger partial charge < -0.3 is 19.6 Å². The molecular formula is C28H32ClF3N2O4. The van der Waals surface area contributed by atoms with Gasteiger partial charge in [0.25, 0.3) is 17.4 Å². The lowest BCUT2D eigenvalue weighted by molar-refractivity contribution is -0.262. The molecule has 0 spiro atoms. The van der Waals surface area contributed by atoms with Gasteiger partial charge in [-0.2, -0.15) is 13.2 Å². The summed E-state index contributed by atoms with van der Waals surface area (Å²) in [6.45, 7) is 0.353. The van der Waals surface area contributed by atoms with E-state index in [4.69, 9.17) is 16.3 Å². The van der Waals surface area contributed by atoms with Crippen molar-refractivity contribution in [2.75, 3.05) is 27.2 Å². The topological polar surface area (TPSA) is 70.1 Å². The number of hydrogen-bond donors (Lipinski definition) is 1. The molecule has 1 aliphatic heterocycles. The van der Waals surface area contributed by atoms with Gasteiger partial charge in [0.05, 0.1) is 10.6 Å². The number of benzene rings is 2. The van der Waals surface area contributed by atoms with Crippen molar-refractivity contribution in [1.82, 2.24) is 9.80 Å². The molecule has 206 valence electrons. The summed E-state index contributed by atoms with van der Waals surface area (Å²) in [7, 11) is 3.32. The first-order valence-corrected chi connectivity index (χ1v) is 13.1. The highest BCUT2D eigenvalue weighted by Crippen LogP contribution is 2.43. The lowest BCUT2D eigenvalue weighted by atomic mass is 9.87. The third-order valence-corrected chi connectivity index (χ3v) is 7.79. The van der Waals surface area contributed by atoms with E-state index in [-0.39, 0.29) is 25.1 Å². The largest absolute Gasteiger partial charge is 0.490 e. The normalized spacial score (nSPS) is 21.5. The molecule has 3 atom stereocenters. The first kappa shape index (κ1) is 28.2. The van der Waals surface area contributed by atoms with Crippen LogP contribution in [0, 0.1) is 11.8 Å². The number of carbonyl (C=O) groups is 2. The van der Waals surface area contributed by atoms with E-state index in [1.54, 1.807) is 32.3 Å². The monoisotopic (exact) mass is 552 g/mol. The Labute approximate surface area is 225 Å². The van der Waals surface area contributed by atoms with E-state index in [0.29, 0.717) is 41.0 Å². The highest BCUT2D eigenvalue weighted by Gasteiger charge is 2.62. The molecule has 2 amide bonds. The second-order valence-corrected chi connectivity index (χ2v) is 10.8. The average molecular weight is 553 g/mol. The van der Waals surface area contributed by atoms with Gasteiger partial charge in [-0.25, -0.2) is 0 Å². The molecule has 1 saturated heterocycles. The maximum absolute atomic E-state index is 13.9. The standard InChI is InChI=1S/C28H32ClF3N2O4/c1-33(2)25(35)22-11-10-21(17-23(22)29)38-24-16-19(24)9-8-18-12-14-34(15-13-18)26(36)27(37,28(30,31)32)20-6-4-3-5-7-20/h3-7,10-11,17-19,24,37H,8-9,12-16H2,1-2H3/t19-,24-,27?/m1/s1. The zero-order valence-electron chi connectivity index (χ0n) is 21.4. The molecule has 2 aromatic rings. The van der Waals surface area contributed by atoms with Crippen LogP contribution in [0.25, 0.3) is 0 Å². The highest BCUT2D eigenvalue weighted by atomic mass is 35.5. The smallest absolute Gasteiger partial charge is 0.430 e. The van der Waals surface area contributed by atoms with Gasteiger partial charge in [0.15, 0.2) is 0 Å². The Balaban J connectivity index is 1.25. The molecule has 0 radical (unpaired) electrons. The van der Waals surface area contributed by atoms with E-state index in [9.17, 15) is 27.9 Å². The summed E-state index contributed by atoms with van der Waals surface area (Å²) < 4.78 is 47.6. The Hall–Kier alpha value is -2.78. The zero-order chi connectivity index (χ0) is 27.7. The number of carbonyl (C=O) groups excluding carboxylic acids is 2. The van der Waals surface area contributed by atoms with Gasteiger partial charge in [-0.1, -0.05) is 41.9 Å². The average Bonchev–Trinajstić information content (AvgIpc) is 3.63. The number of nitrogens with zero attached hydrogens (tertiary/aromatic N) is 2. The number of rotatable bonds is 8. The van der Waals surface area contributed by atoms with Crippen LogP contribution in [-0.2, 0) is 10.4 Å². The highest BCUT2D eigenvalue weighted by molar-refractivity contribution is 6.34. The van der Waals surface area contributed by atoms with Crippen LogP contribution in [0.5, 0.6) is 5.75 Å². The number of aliphatic hydroxyl groups is 1. The Morgan fingerprint density at radius 1 is 1.08 bits per heavy atom. The van der Waals surface area contributed by atoms with Gasteiger partial charge in [-0.15, -0.1) is 0 Å². The molecule has 0 bridgehead atoms.